The third-order valence-electron chi connectivity index (χ3n) is 4.26. The van der Waals surface area contributed by atoms with Gasteiger partial charge in [0.05, 0.1) is 23.2 Å². The summed E-state index contributed by atoms with van der Waals surface area (Å²) in [5.74, 6) is -0.395. The molecule has 1 fully saturated rings. The van der Waals surface area contributed by atoms with Gasteiger partial charge in [0, 0.05) is 23.0 Å². The van der Waals surface area contributed by atoms with Crippen LogP contribution in [0, 0.1) is 5.92 Å². The maximum atomic E-state index is 12.6. The largest absolute Gasteiger partial charge is 0.333 e. The van der Waals surface area contributed by atoms with E-state index in [1.807, 2.05) is 17.5 Å². The van der Waals surface area contributed by atoms with Gasteiger partial charge in [0.2, 0.25) is 5.91 Å². The number of anilines is 1. The number of nitrogens with one attached hydrogen (secondary N) is 2. The van der Waals surface area contributed by atoms with E-state index < -0.39 is 0 Å². The number of hydrogen-bond donors (Lipinski definition) is 2. The number of rotatable bonds is 4. The van der Waals surface area contributed by atoms with E-state index in [0.717, 1.165) is 17.7 Å². The molecule has 0 radical (unpaired) electrons. The summed E-state index contributed by atoms with van der Waals surface area (Å²) in [6.07, 6.45) is 1.53. The lowest BCUT2D eigenvalue weighted by Crippen LogP contribution is -2.47. The zero-order valence-electron chi connectivity index (χ0n) is 14.0. The van der Waals surface area contributed by atoms with Crippen LogP contribution >= 0.6 is 34.5 Å². The highest BCUT2D eigenvalue weighted by Gasteiger charge is 2.28. The summed E-state index contributed by atoms with van der Waals surface area (Å²) < 4.78 is 0. The van der Waals surface area contributed by atoms with Crippen molar-refractivity contribution in [2.75, 3.05) is 18.4 Å². The quantitative estimate of drug-likeness (QED) is 0.770. The van der Waals surface area contributed by atoms with Gasteiger partial charge in [0.25, 0.3) is 0 Å². The Hall–Kier alpha value is -1.76. The number of benzene rings is 1. The fraction of sp³-hybridized carbons (Fsp3) is 0.333. The Balaban J connectivity index is 1.55. The fourth-order valence-electron chi connectivity index (χ4n) is 2.89. The lowest BCUT2D eigenvalue weighted by atomic mass is 9.97. The van der Waals surface area contributed by atoms with Gasteiger partial charge < -0.3 is 15.5 Å². The molecule has 1 saturated heterocycles. The lowest BCUT2D eigenvalue weighted by molar-refractivity contribution is -0.121. The van der Waals surface area contributed by atoms with E-state index in [0.29, 0.717) is 35.4 Å². The molecule has 138 valence electrons. The number of carbonyl (C=O) groups excluding carboxylic acids is 2. The molecule has 2 aromatic rings. The first-order valence-corrected chi connectivity index (χ1v) is 9.97. The summed E-state index contributed by atoms with van der Waals surface area (Å²) in [5, 5.41) is 8.63. The van der Waals surface area contributed by atoms with Crippen molar-refractivity contribution < 1.29 is 9.59 Å². The van der Waals surface area contributed by atoms with Gasteiger partial charge >= 0.3 is 6.03 Å². The molecular weight excluding hydrogens is 393 g/mol. The maximum absolute atomic E-state index is 12.6. The van der Waals surface area contributed by atoms with Gasteiger partial charge in [0.1, 0.15) is 0 Å². The Kier molecular flexibility index (Phi) is 6.40. The Morgan fingerprint density at radius 2 is 2.12 bits per heavy atom. The van der Waals surface area contributed by atoms with E-state index in [9.17, 15) is 9.59 Å². The van der Waals surface area contributed by atoms with Crippen LogP contribution in [-0.4, -0.2) is 29.9 Å². The Labute approximate surface area is 166 Å². The van der Waals surface area contributed by atoms with Crippen molar-refractivity contribution in [3.05, 3.63) is 50.6 Å². The van der Waals surface area contributed by atoms with Crippen molar-refractivity contribution in [1.29, 1.82) is 0 Å². The lowest BCUT2D eigenvalue weighted by Gasteiger charge is -2.32. The first kappa shape index (κ1) is 19.0. The molecule has 2 heterocycles. The van der Waals surface area contributed by atoms with Gasteiger partial charge in [-0.05, 0) is 42.5 Å². The molecular formula is C18H19Cl2N3O2S. The van der Waals surface area contributed by atoms with Crippen LogP contribution < -0.4 is 10.6 Å². The summed E-state index contributed by atoms with van der Waals surface area (Å²) in [4.78, 5) is 27.7. The summed E-state index contributed by atoms with van der Waals surface area (Å²) in [5.41, 5.74) is 0.528. The first-order chi connectivity index (χ1) is 12.5. The molecule has 1 unspecified atom stereocenters. The first-order valence-electron chi connectivity index (χ1n) is 8.34. The summed E-state index contributed by atoms with van der Waals surface area (Å²) >= 11 is 13.6. The predicted molar refractivity (Wildman–Crippen MR) is 106 cm³/mol. The van der Waals surface area contributed by atoms with Gasteiger partial charge in [-0.15, -0.1) is 11.3 Å². The number of carbonyl (C=O) groups is 2. The van der Waals surface area contributed by atoms with E-state index in [-0.39, 0.29) is 17.9 Å². The molecule has 0 bridgehead atoms. The normalized spacial score (nSPS) is 17.0. The molecule has 26 heavy (non-hydrogen) atoms. The zero-order chi connectivity index (χ0) is 18.5. The van der Waals surface area contributed by atoms with E-state index in [1.165, 1.54) is 0 Å². The number of hydrogen-bond acceptors (Lipinski definition) is 3. The molecule has 1 aromatic carbocycles. The molecule has 0 spiro atoms. The second-order valence-corrected chi connectivity index (χ2v) is 8.01. The van der Waals surface area contributed by atoms with E-state index in [4.69, 9.17) is 23.2 Å². The van der Waals surface area contributed by atoms with E-state index >= 15 is 0 Å². The minimum absolute atomic E-state index is 0.134. The molecule has 3 rings (SSSR count). The Morgan fingerprint density at radius 1 is 1.27 bits per heavy atom. The number of nitrogens with zero attached hydrogens (tertiary/aromatic N) is 1. The van der Waals surface area contributed by atoms with Gasteiger partial charge in [-0.2, -0.15) is 0 Å². The van der Waals surface area contributed by atoms with Crippen molar-refractivity contribution in [2.24, 2.45) is 5.92 Å². The zero-order valence-corrected chi connectivity index (χ0v) is 16.3. The van der Waals surface area contributed by atoms with Gasteiger partial charge in [-0.25, -0.2) is 4.79 Å². The monoisotopic (exact) mass is 411 g/mol. The van der Waals surface area contributed by atoms with Crippen LogP contribution in [0.3, 0.4) is 0 Å². The van der Waals surface area contributed by atoms with Crippen molar-refractivity contribution in [2.45, 2.75) is 19.4 Å². The fourth-order valence-corrected chi connectivity index (χ4v) is 3.99. The number of piperidine rings is 1. The molecule has 0 aliphatic carbocycles. The molecule has 2 N–H and O–H groups in total. The highest BCUT2D eigenvalue weighted by Crippen LogP contribution is 2.27. The molecule has 1 atom stereocenters. The highest BCUT2D eigenvalue weighted by atomic mass is 35.5. The predicted octanol–water partition coefficient (Wildman–Crippen LogP) is 4.62. The number of halogens is 2. The van der Waals surface area contributed by atoms with Gasteiger partial charge in [0.15, 0.2) is 0 Å². The van der Waals surface area contributed by atoms with Crippen LogP contribution in [0.4, 0.5) is 10.5 Å². The summed E-state index contributed by atoms with van der Waals surface area (Å²) in [7, 11) is 0. The van der Waals surface area contributed by atoms with Crippen LogP contribution in [-0.2, 0) is 11.3 Å². The molecule has 3 amide bonds. The Morgan fingerprint density at radius 3 is 2.85 bits per heavy atom. The van der Waals surface area contributed by atoms with Crippen molar-refractivity contribution in [3.63, 3.8) is 0 Å². The van der Waals surface area contributed by atoms with Crippen LogP contribution in [0.5, 0.6) is 0 Å². The molecule has 8 heteroatoms. The summed E-state index contributed by atoms with van der Waals surface area (Å²) in [6.45, 7) is 1.55. The molecule has 1 aliphatic heterocycles. The average molecular weight is 412 g/mol. The van der Waals surface area contributed by atoms with Crippen molar-refractivity contribution in [1.82, 2.24) is 10.2 Å². The maximum Gasteiger partial charge on any atom is 0.317 e. The number of amides is 3. The molecule has 1 aromatic heterocycles. The van der Waals surface area contributed by atoms with Crippen molar-refractivity contribution in [3.8, 4) is 0 Å². The number of urea groups is 1. The third-order valence-corrected chi connectivity index (χ3v) is 5.69. The number of thiophene rings is 1. The minimum Gasteiger partial charge on any atom is -0.333 e. The standard InChI is InChI=1S/C18H19Cl2N3O2S/c19-13-5-6-16(15(20)9-13)22-17(24)12-3-1-7-23(11-12)18(25)21-10-14-4-2-8-26-14/h2,4-6,8-9,12H,1,3,7,10-11H2,(H,21,25)(H,22,24). The van der Waals surface area contributed by atoms with Gasteiger partial charge in [-0.3, -0.25) is 4.79 Å². The van der Waals surface area contributed by atoms with Crippen molar-refractivity contribution >= 4 is 52.2 Å². The number of likely N-dealkylation sites (tertiary alicyclic amines) is 1. The summed E-state index contributed by atoms with van der Waals surface area (Å²) in [6, 6.07) is 8.73. The average Bonchev–Trinajstić information content (AvgIpc) is 3.15. The Bertz CT molecular complexity index is 783. The van der Waals surface area contributed by atoms with Crippen LogP contribution in [0.25, 0.3) is 0 Å². The second-order valence-electron chi connectivity index (χ2n) is 6.14. The smallest absolute Gasteiger partial charge is 0.317 e. The van der Waals surface area contributed by atoms with Crippen LogP contribution in [0.15, 0.2) is 35.7 Å². The minimum atomic E-state index is -0.261. The molecule has 1 aliphatic rings. The molecule has 5 nitrogen and oxygen atoms in total. The third kappa shape index (κ3) is 4.90. The highest BCUT2D eigenvalue weighted by molar-refractivity contribution is 7.09. The van der Waals surface area contributed by atoms with Crippen LogP contribution in [0.2, 0.25) is 10.0 Å². The second kappa shape index (κ2) is 8.75. The van der Waals surface area contributed by atoms with E-state index in [1.54, 1.807) is 34.4 Å². The van der Waals surface area contributed by atoms with Gasteiger partial charge in [-0.1, -0.05) is 29.3 Å². The SMILES string of the molecule is O=C(Nc1ccc(Cl)cc1Cl)C1CCCN(C(=O)NCc2cccs2)C1. The molecule has 0 saturated carbocycles. The van der Waals surface area contributed by atoms with Crippen LogP contribution in [0.1, 0.15) is 17.7 Å². The topological polar surface area (TPSA) is 61.4 Å². The van der Waals surface area contributed by atoms with E-state index in [2.05, 4.69) is 10.6 Å².